The predicted molar refractivity (Wildman–Crippen MR) is 114 cm³/mol. The number of hydrogen-bond acceptors (Lipinski definition) is 4. The summed E-state index contributed by atoms with van der Waals surface area (Å²) in [5, 5.41) is 0. The van der Waals surface area contributed by atoms with Crippen LogP contribution in [0.2, 0.25) is 0 Å². The van der Waals surface area contributed by atoms with Gasteiger partial charge in [0.25, 0.3) is 0 Å². The molecule has 1 saturated heterocycles. The van der Waals surface area contributed by atoms with E-state index in [1.54, 1.807) is 0 Å². The molecule has 1 amide bonds. The van der Waals surface area contributed by atoms with Crippen molar-refractivity contribution < 1.29 is 14.3 Å². The van der Waals surface area contributed by atoms with E-state index in [2.05, 4.69) is 33.1 Å². The summed E-state index contributed by atoms with van der Waals surface area (Å²) in [5.41, 5.74) is 3.38. The molecule has 2 heterocycles. The van der Waals surface area contributed by atoms with Gasteiger partial charge in [0, 0.05) is 29.3 Å². The topological polar surface area (TPSA) is 59.0 Å². The van der Waals surface area contributed by atoms with Crippen LogP contribution in [0.15, 0.2) is 39.9 Å². The van der Waals surface area contributed by atoms with Gasteiger partial charge in [-0.05, 0) is 42.0 Å². The SMILES string of the molecule is COC(=O)C[C@H](C(=O)N1CCC[C@H]1C1=NC=C(c2ccc(Br)cc2)C1)C(C)C. The van der Waals surface area contributed by atoms with Gasteiger partial charge in [-0.25, -0.2) is 0 Å². The number of ether oxygens (including phenoxy) is 1. The van der Waals surface area contributed by atoms with Crippen molar-refractivity contribution in [1.82, 2.24) is 4.90 Å². The van der Waals surface area contributed by atoms with Crippen LogP contribution in [-0.2, 0) is 14.3 Å². The Hall–Kier alpha value is -1.95. The molecule has 28 heavy (non-hydrogen) atoms. The van der Waals surface area contributed by atoms with Crippen molar-refractivity contribution in [3.63, 3.8) is 0 Å². The van der Waals surface area contributed by atoms with Crippen LogP contribution < -0.4 is 0 Å². The van der Waals surface area contributed by atoms with Crippen LogP contribution in [0.4, 0.5) is 0 Å². The third kappa shape index (κ3) is 4.54. The van der Waals surface area contributed by atoms with E-state index in [0.29, 0.717) is 0 Å². The molecule has 3 rings (SSSR count). The predicted octanol–water partition coefficient (Wildman–Crippen LogP) is 4.46. The zero-order chi connectivity index (χ0) is 20.3. The Bertz CT molecular complexity index is 799. The van der Waals surface area contributed by atoms with Crippen molar-refractivity contribution in [3.8, 4) is 0 Å². The Balaban J connectivity index is 1.70. The molecule has 0 N–H and O–H groups in total. The second-order valence-electron chi connectivity index (χ2n) is 7.78. The lowest BCUT2D eigenvalue weighted by Gasteiger charge is -2.30. The lowest BCUT2D eigenvalue weighted by atomic mass is 9.90. The summed E-state index contributed by atoms with van der Waals surface area (Å²) in [5.74, 6) is -0.563. The standard InChI is InChI=1S/C22H27BrN2O3/c1-14(2)18(12-21(26)28-3)22(27)25-10-4-5-20(25)19-11-16(13-24-19)15-6-8-17(23)9-7-15/h6-9,13-14,18,20H,4-5,10-12H2,1-3H3/t18-,20-/m0/s1. The number of amides is 1. The van der Waals surface area contributed by atoms with Crippen molar-refractivity contribution in [2.75, 3.05) is 13.7 Å². The highest BCUT2D eigenvalue weighted by Gasteiger charge is 2.38. The fourth-order valence-electron chi connectivity index (χ4n) is 3.95. The third-order valence-corrected chi connectivity index (χ3v) is 6.16. The van der Waals surface area contributed by atoms with Crippen LogP contribution in [0.5, 0.6) is 0 Å². The normalized spacial score (nSPS) is 20.2. The molecule has 2 aliphatic rings. The van der Waals surface area contributed by atoms with E-state index in [0.717, 1.165) is 41.6 Å². The number of carbonyl (C=O) groups excluding carboxylic acids is 2. The van der Waals surface area contributed by atoms with Gasteiger partial charge in [-0.3, -0.25) is 14.6 Å². The molecule has 2 aliphatic heterocycles. The fourth-order valence-corrected chi connectivity index (χ4v) is 4.22. The number of hydrogen-bond donors (Lipinski definition) is 0. The highest BCUT2D eigenvalue weighted by Crippen LogP contribution is 2.32. The summed E-state index contributed by atoms with van der Waals surface area (Å²) in [6.07, 6.45) is 4.71. The summed E-state index contributed by atoms with van der Waals surface area (Å²) in [4.78, 5) is 31.6. The van der Waals surface area contributed by atoms with Crippen LogP contribution in [-0.4, -0.2) is 42.2 Å². The van der Waals surface area contributed by atoms with Gasteiger partial charge in [-0.2, -0.15) is 0 Å². The molecule has 1 aromatic carbocycles. The molecule has 0 bridgehead atoms. The summed E-state index contributed by atoms with van der Waals surface area (Å²) >= 11 is 3.47. The molecular weight excluding hydrogens is 420 g/mol. The van der Waals surface area contributed by atoms with Gasteiger partial charge >= 0.3 is 5.97 Å². The molecule has 0 aliphatic carbocycles. The first kappa shape index (κ1) is 20.8. The van der Waals surface area contributed by atoms with E-state index < -0.39 is 0 Å². The van der Waals surface area contributed by atoms with Crippen LogP contribution in [0.3, 0.4) is 0 Å². The zero-order valence-corrected chi connectivity index (χ0v) is 18.2. The van der Waals surface area contributed by atoms with Gasteiger partial charge in [0.05, 0.1) is 25.5 Å². The van der Waals surface area contributed by atoms with Crippen LogP contribution in [0, 0.1) is 11.8 Å². The molecule has 0 spiro atoms. The minimum atomic E-state index is -0.353. The smallest absolute Gasteiger partial charge is 0.306 e. The Morgan fingerprint density at radius 3 is 2.64 bits per heavy atom. The largest absolute Gasteiger partial charge is 0.469 e. The molecule has 5 nitrogen and oxygen atoms in total. The highest BCUT2D eigenvalue weighted by atomic mass is 79.9. The maximum Gasteiger partial charge on any atom is 0.306 e. The molecule has 0 radical (unpaired) electrons. The second-order valence-corrected chi connectivity index (χ2v) is 8.69. The number of carbonyl (C=O) groups is 2. The first-order chi connectivity index (χ1) is 13.4. The average molecular weight is 447 g/mol. The van der Waals surface area contributed by atoms with Gasteiger partial charge in [0.15, 0.2) is 0 Å². The van der Waals surface area contributed by atoms with E-state index in [-0.39, 0.29) is 36.2 Å². The summed E-state index contributed by atoms with van der Waals surface area (Å²) in [7, 11) is 1.37. The fraction of sp³-hybridized carbons (Fsp3) is 0.500. The van der Waals surface area contributed by atoms with E-state index in [9.17, 15) is 9.59 Å². The van der Waals surface area contributed by atoms with Crippen LogP contribution in [0.25, 0.3) is 5.57 Å². The second kappa shape index (κ2) is 9.03. The summed E-state index contributed by atoms with van der Waals surface area (Å²) in [6, 6.07) is 8.24. The first-order valence-corrected chi connectivity index (χ1v) is 10.6. The number of aliphatic imine (C=N–C) groups is 1. The summed E-state index contributed by atoms with van der Waals surface area (Å²) < 4.78 is 5.85. The quantitative estimate of drug-likeness (QED) is 0.605. The van der Waals surface area contributed by atoms with Crippen molar-refractivity contribution in [1.29, 1.82) is 0 Å². The van der Waals surface area contributed by atoms with Gasteiger partial charge in [-0.1, -0.05) is 41.9 Å². The van der Waals surface area contributed by atoms with Crippen LogP contribution in [0.1, 0.15) is 45.1 Å². The number of methoxy groups -OCH3 is 1. The number of benzene rings is 1. The molecule has 1 aromatic rings. The minimum absolute atomic E-state index is 0.0237. The van der Waals surface area contributed by atoms with Gasteiger partial charge in [0.1, 0.15) is 0 Å². The van der Waals surface area contributed by atoms with E-state index in [4.69, 9.17) is 4.74 Å². The molecule has 6 heteroatoms. The maximum absolute atomic E-state index is 13.2. The Morgan fingerprint density at radius 1 is 1.29 bits per heavy atom. The van der Waals surface area contributed by atoms with Gasteiger partial charge in [0.2, 0.25) is 5.91 Å². The van der Waals surface area contributed by atoms with Crippen molar-refractivity contribution in [2.24, 2.45) is 16.8 Å². The number of allylic oxidation sites excluding steroid dienone is 1. The number of likely N-dealkylation sites (tertiary alicyclic amines) is 1. The van der Waals surface area contributed by atoms with E-state index in [1.165, 1.54) is 12.7 Å². The molecule has 2 atom stereocenters. The maximum atomic E-state index is 13.2. The molecular formula is C22H27BrN2O3. The van der Waals surface area contributed by atoms with Crippen molar-refractivity contribution >= 4 is 39.1 Å². The average Bonchev–Trinajstić information content (AvgIpc) is 3.34. The van der Waals surface area contributed by atoms with Crippen molar-refractivity contribution in [3.05, 3.63) is 40.5 Å². The lowest BCUT2D eigenvalue weighted by Crippen LogP contribution is -2.45. The Morgan fingerprint density at radius 2 is 2.00 bits per heavy atom. The van der Waals surface area contributed by atoms with Gasteiger partial charge in [-0.15, -0.1) is 0 Å². The van der Waals surface area contributed by atoms with Crippen LogP contribution >= 0.6 is 15.9 Å². The van der Waals surface area contributed by atoms with E-state index in [1.807, 2.05) is 37.1 Å². The third-order valence-electron chi connectivity index (χ3n) is 5.63. The van der Waals surface area contributed by atoms with Crippen molar-refractivity contribution in [2.45, 2.75) is 45.6 Å². The lowest BCUT2D eigenvalue weighted by molar-refractivity contribution is -0.148. The first-order valence-electron chi connectivity index (χ1n) is 9.79. The number of rotatable bonds is 6. The Labute approximate surface area is 175 Å². The van der Waals surface area contributed by atoms with E-state index >= 15 is 0 Å². The Kier molecular flexibility index (Phi) is 6.70. The molecule has 0 unspecified atom stereocenters. The molecule has 150 valence electrons. The number of esters is 1. The number of halogens is 1. The summed E-state index contributed by atoms with van der Waals surface area (Å²) in [6.45, 7) is 4.69. The zero-order valence-electron chi connectivity index (χ0n) is 16.7. The molecule has 0 aromatic heterocycles. The minimum Gasteiger partial charge on any atom is -0.469 e. The van der Waals surface area contributed by atoms with Gasteiger partial charge < -0.3 is 9.64 Å². The monoisotopic (exact) mass is 446 g/mol. The highest BCUT2D eigenvalue weighted by molar-refractivity contribution is 9.10. The molecule has 0 saturated carbocycles. The number of nitrogens with zero attached hydrogens (tertiary/aromatic N) is 2. The molecule has 1 fully saturated rings.